The number of nitrogens with zero attached hydrogens (tertiary/aromatic N) is 1. The number of nitriles is 1. The molecule has 1 atom stereocenters. The van der Waals surface area contributed by atoms with E-state index in [1.54, 1.807) is 6.92 Å². The Labute approximate surface area is 118 Å². The van der Waals surface area contributed by atoms with Crippen LogP contribution < -0.4 is 4.74 Å². The number of hydrogen-bond acceptors (Lipinski definition) is 5. The van der Waals surface area contributed by atoms with Crippen molar-refractivity contribution in [3.8, 4) is 11.8 Å². The molecule has 1 saturated heterocycles. The molecule has 5 heteroatoms. The van der Waals surface area contributed by atoms with E-state index in [4.69, 9.17) is 19.5 Å². The first-order valence-corrected chi connectivity index (χ1v) is 6.60. The molecular formula is C15H17NO4. The average molecular weight is 275 g/mol. The third kappa shape index (κ3) is 3.97. The van der Waals surface area contributed by atoms with E-state index in [0.717, 1.165) is 5.56 Å². The molecule has 1 aliphatic heterocycles. The molecule has 0 unspecified atom stereocenters. The predicted octanol–water partition coefficient (Wildman–Crippen LogP) is 1.85. The van der Waals surface area contributed by atoms with Crippen LogP contribution in [-0.4, -0.2) is 31.4 Å². The van der Waals surface area contributed by atoms with Gasteiger partial charge < -0.3 is 14.2 Å². The fourth-order valence-corrected chi connectivity index (χ4v) is 1.74. The van der Waals surface area contributed by atoms with Crippen molar-refractivity contribution in [2.75, 3.05) is 19.8 Å². The Morgan fingerprint density at radius 1 is 1.55 bits per heavy atom. The third-order valence-corrected chi connectivity index (χ3v) is 2.99. The number of rotatable bonds is 7. The Morgan fingerprint density at radius 2 is 2.35 bits per heavy atom. The van der Waals surface area contributed by atoms with Crippen LogP contribution in [0.3, 0.4) is 0 Å². The standard InChI is InChI=1S/C15H17NO4/c1-2-18-14(17)7-6-12-4-3-5-13(8-12)19-10-15(9-16)11-20-15/h3-5,8H,2,6-7,10-11H2,1H3/t15-/m0/s1. The summed E-state index contributed by atoms with van der Waals surface area (Å²) in [5, 5.41) is 8.88. The number of aryl methyl sites for hydroxylation is 1. The smallest absolute Gasteiger partial charge is 0.306 e. The fourth-order valence-electron chi connectivity index (χ4n) is 1.74. The van der Waals surface area contributed by atoms with Crippen LogP contribution in [0.15, 0.2) is 24.3 Å². The Bertz CT molecular complexity index is 517. The first kappa shape index (κ1) is 14.4. The molecule has 0 spiro atoms. The molecule has 1 aromatic rings. The summed E-state index contributed by atoms with van der Waals surface area (Å²) in [5.41, 5.74) is 0.235. The van der Waals surface area contributed by atoms with Crippen LogP contribution >= 0.6 is 0 Å². The molecule has 5 nitrogen and oxygen atoms in total. The van der Waals surface area contributed by atoms with E-state index in [1.807, 2.05) is 24.3 Å². The van der Waals surface area contributed by atoms with Crippen LogP contribution in [0.25, 0.3) is 0 Å². The van der Waals surface area contributed by atoms with Gasteiger partial charge in [0.15, 0.2) is 0 Å². The van der Waals surface area contributed by atoms with Gasteiger partial charge >= 0.3 is 5.97 Å². The summed E-state index contributed by atoms with van der Waals surface area (Å²) in [6.45, 7) is 2.84. The van der Waals surface area contributed by atoms with E-state index in [2.05, 4.69) is 6.07 Å². The number of benzene rings is 1. The lowest BCUT2D eigenvalue weighted by molar-refractivity contribution is -0.143. The zero-order valence-electron chi connectivity index (χ0n) is 11.4. The van der Waals surface area contributed by atoms with Gasteiger partial charge in [0.2, 0.25) is 5.60 Å². The molecule has 0 aromatic heterocycles. The maximum atomic E-state index is 11.3. The van der Waals surface area contributed by atoms with Crippen LogP contribution in [0.4, 0.5) is 0 Å². The quantitative estimate of drug-likeness (QED) is 0.561. The Hall–Kier alpha value is -2.06. The molecule has 0 radical (unpaired) electrons. The van der Waals surface area contributed by atoms with Crippen LogP contribution in [0, 0.1) is 11.3 Å². The monoisotopic (exact) mass is 275 g/mol. The summed E-state index contributed by atoms with van der Waals surface area (Å²) in [6, 6.07) is 9.57. The lowest BCUT2D eigenvalue weighted by Gasteiger charge is -2.09. The van der Waals surface area contributed by atoms with E-state index >= 15 is 0 Å². The largest absolute Gasteiger partial charge is 0.489 e. The zero-order chi connectivity index (χ0) is 14.4. The highest BCUT2D eigenvalue weighted by molar-refractivity contribution is 5.69. The van der Waals surface area contributed by atoms with Gasteiger partial charge in [-0.25, -0.2) is 0 Å². The van der Waals surface area contributed by atoms with Crippen LogP contribution in [0.1, 0.15) is 18.9 Å². The molecule has 0 bridgehead atoms. The maximum Gasteiger partial charge on any atom is 0.306 e. The first-order valence-electron chi connectivity index (χ1n) is 6.60. The van der Waals surface area contributed by atoms with E-state index in [9.17, 15) is 4.79 Å². The van der Waals surface area contributed by atoms with Crippen LogP contribution in [0.2, 0.25) is 0 Å². The molecule has 106 valence electrons. The van der Waals surface area contributed by atoms with Gasteiger partial charge in [0.25, 0.3) is 0 Å². The second kappa shape index (κ2) is 6.40. The van der Waals surface area contributed by atoms with Gasteiger partial charge in [0.05, 0.1) is 13.2 Å². The van der Waals surface area contributed by atoms with Gasteiger partial charge in [-0.15, -0.1) is 0 Å². The van der Waals surface area contributed by atoms with Gasteiger partial charge in [0, 0.05) is 6.42 Å². The van der Waals surface area contributed by atoms with Gasteiger partial charge in [-0.2, -0.15) is 5.26 Å². The average Bonchev–Trinajstić information content (AvgIpc) is 3.25. The van der Waals surface area contributed by atoms with Gasteiger partial charge in [-0.3, -0.25) is 4.79 Å². The molecule has 0 N–H and O–H groups in total. The van der Waals surface area contributed by atoms with Crippen LogP contribution in [-0.2, 0) is 20.7 Å². The minimum absolute atomic E-state index is 0.200. The molecular weight excluding hydrogens is 258 g/mol. The Balaban J connectivity index is 1.84. The molecule has 0 amide bonds. The minimum atomic E-state index is -0.763. The summed E-state index contributed by atoms with van der Waals surface area (Å²) < 4.78 is 15.5. The van der Waals surface area contributed by atoms with E-state index < -0.39 is 5.60 Å². The molecule has 1 aliphatic rings. The number of epoxide rings is 1. The van der Waals surface area contributed by atoms with Crippen LogP contribution in [0.5, 0.6) is 5.75 Å². The summed E-state index contributed by atoms with van der Waals surface area (Å²) in [4.78, 5) is 11.3. The van der Waals surface area contributed by atoms with Crippen molar-refractivity contribution in [1.82, 2.24) is 0 Å². The molecule has 1 heterocycles. The lowest BCUT2D eigenvalue weighted by Crippen LogP contribution is -2.19. The van der Waals surface area contributed by atoms with Crippen molar-refractivity contribution >= 4 is 5.97 Å². The summed E-state index contributed by atoms with van der Waals surface area (Å²) in [7, 11) is 0. The summed E-state index contributed by atoms with van der Waals surface area (Å²) >= 11 is 0. The molecule has 1 fully saturated rings. The van der Waals surface area contributed by atoms with Crippen molar-refractivity contribution in [2.45, 2.75) is 25.4 Å². The van der Waals surface area contributed by atoms with Gasteiger partial charge in [-0.05, 0) is 31.0 Å². The topological polar surface area (TPSA) is 71.8 Å². The van der Waals surface area contributed by atoms with Crippen molar-refractivity contribution < 1.29 is 19.0 Å². The highest BCUT2D eigenvalue weighted by atomic mass is 16.6. The second-order valence-corrected chi connectivity index (χ2v) is 4.64. The first-order chi connectivity index (χ1) is 9.67. The van der Waals surface area contributed by atoms with Crippen molar-refractivity contribution in [3.05, 3.63) is 29.8 Å². The number of carbonyl (C=O) groups is 1. The second-order valence-electron chi connectivity index (χ2n) is 4.64. The summed E-state index contributed by atoms with van der Waals surface area (Å²) in [6.07, 6.45) is 0.957. The minimum Gasteiger partial charge on any atom is -0.489 e. The lowest BCUT2D eigenvalue weighted by atomic mass is 10.1. The molecule has 0 saturated carbocycles. The highest BCUT2D eigenvalue weighted by Gasteiger charge is 2.46. The number of carbonyl (C=O) groups excluding carboxylic acids is 1. The van der Waals surface area contributed by atoms with E-state index in [0.29, 0.717) is 31.8 Å². The number of ether oxygens (including phenoxy) is 3. The van der Waals surface area contributed by atoms with Crippen molar-refractivity contribution in [1.29, 1.82) is 5.26 Å². The fraction of sp³-hybridized carbons (Fsp3) is 0.467. The van der Waals surface area contributed by atoms with Gasteiger partial charge in [0.1, 0.15) is 18.4 Å². The summed E-state index contributed by atoms with van der Waals surface area (Å²) in [5.74, 6) is 0.477. The highest BCUT2D eigenvalue weighted by Crippen LogP contribution is 2.27. The van der Waals surface area contributed by atoms with E-state index in [1.165, 1.54) is 0 Å². The normalized spacial score (nSPS) is 20.0. The van der Waals surface area contributed by atoms with E-state index in [-0.39, 0.29) is 12.6 Å². The SMILES string of the molecule is CCOC(=O)CCc1cccc(OC[C@@]2(C#N)CO2)c1. The van der Waals surface area contributed by atoms with Gasteiger partial charge in [-0.1, -0.05) is 12.1 Å². The zero-order valence-corrected chi connectivity index (χ0v) is 11.4. The molecule has 0 aliphatic carbocycles. The third-order valence-electron chi connectivity index (χ3n) is 2.99. The van der Waals surface area contributed by atoms with Crippen molar-refractivity contribution in [2.24, 2.45) is 0 Å². The Kier molecular flexibility index (Phi) is 4.59. The molecule has 20 heavy (non-hydrogen) atoms. The number of esters is 1. The van der Waals surface area contributed by atoms with Crippen molar-refractivity contribution in [3.63, 3.8) is 0 Å². The molecule has 1 aromatic carbocycles. The molecule has 2 rings (SSSR count). The predicted molar refractivity (Wildman–Crippen MR) is 71.2 cm³/mol. The maximum absolute atomic E-state index is 11.3. The Morgan fingerprint density at radius 3 is 3.00 bits per heavy atom. The number of hydrogen-bond donors (Lipinski definition) is 0.